The van der Waals surface area contributed by atoms with Gasteiger partial charge in [0.25, 0.3) is 0 Å². The van der Waals surface area contributed by atoms with Gasteiger partial charge in [-0.3, -0.25) is 0 Å². The van der Waals surface area contributed by atoms with Gasteiger partial charge in [0.1, 0.15) is 0 Å². The molecule has 0 aliphatic carbocycles. The Bertz CT molecular complexity index is 493. The molecule has 0 amide bonds. The molecule has 0 aromatic heterocycles. The molecule has 0 bridgehead atoms. The third-order valence-corrected chi connectivity index (χ3v) is 5.11. The van der Waals surface area contributed by atoms with Crippen molar-refractivity contribution >= 4 is 29.1 Å². The molecule has 1 aliphatic heterocycles. The van der Waals surface area contributed by atoms with Crippen LogP contribution in [0.4, 0.5) is 11.4 Å². The molecule has 2 atom stereocenters. The second-order valence-corrected chi connectivity index (χ2v) is 6.45. The number of hydrogen-bond acceptors (Lipinski definition) is 5. The number of carbonyl (C=O) groups is 1. The van der Waals surface area contributed by atoms with Gasteiger partial charge in [0.15, 0.2) is 0 Å². The SMILES string of the molecule is CCOC(=O)c1cccc(N2CCSC(C)C2C)c1N. The largest absolute Gasteiger partial charge is 0.462 e. The minimum absolute atomic E-state index is 0.348. The highest BCUT2D eigenvalue weighted by Crippen LogP contribution is 2.34. The summed E-state index contributed by atoms with van der Waals surface area (Å²) < 4.78 is 5.06. The van der Waals surface area contributed by atoms with Gasteiger partial charge in [0.05, 0.1) is 23.5 Å². The average Bonchev–Trinajstić information content (AvgIpc) is 2.43. The number of carbonyl (C=O) groups excluding carboxylic acids is 1. The van der Waals surface area contributed by atoms with Gasteiger partial charge in [0.2, 0.25) is 0 Å². The highest BCUT2D eigenvalue weighted by atomic mass is 32.2. The first-order valence-corrected chi connectivity index (χ1v) is 8.05. The van der Waals surface area contributed by atoms with E-state index in [1.165, 1.54) is 0 Å². The minimum atomic E-state index is -0.348. The maximum Gasteiger partial charge on any atom is 0.340 e. The Hall–Kier alpha value is -1.36. The number of benzene rings is 1. The van der Waals surface area contributed by atoms with Crippen molar-refractivity contribution in [3.05, 3.63) is 23.8 Å². The van der Waals surface area contributed by atoms with E-state index in [4.69, 9.17) is 10.5 Å². The molecule has 4 nitrogen and oxygen atoms in total. The van der Waals surface area contributed by atoms with Gasteiger partial charge in [-0.05, 0) is 26.0 Å². The number of nitrogens with two attached hydrogens (primary N) is 1. The summed E-state index contributed by atoms with van der Waals surface area (Å²) in [4.78, 5) is 14.2. The summed E-state index contributed by atoms with van der Waals surface area (Å²) in [5, 5.41) is 0.550. The number of rotatable bonds is 3. The standard InChI is InChI=1S/C15H22N2O2S/c1-4-19-15(18)12-6-5-7-13(14(12)16)17-8-9-20-11(3)10(17)2/h5-7,10-11H,4,8-9,16H2,1-3H3. The van der Waals surface area contributed by atoms with Crippen molar-refractivity contribution in [2.75, 3.05) is 29.5 Å². The van der Waals surface area contributed by atoms with E-state index in [0.29, 0.717) is 29.1 Å². The molecule has 1 aromatic rings. The number of hydrogen-bond donors (Lipinski definition) is 1. The van der Waals surface area contributed by atoms with Crippen LogP contribution in [-0.2, 0) is 4.74 Å². The molecule has 2 unspecified atom stereocenters. The quantitative estimate of drug-likeness (QED) is 0.686. The van der Waals surface area contributed by atoms with Crippen LogP contribution in [0.1, 0.15) is 31.1 Å². The summed E-state index contributed by atoms with van der Waals surface area (Å²) in [6, 6.07) is 5.98. The van der Waals surface area contributed by atoms with Crippen molar-refractivity contribution in [3.8, 4) is 0 Å². The Labute approximate surface area is 124 Å². The number of esters is 1. The van der Waals surface area contributed by atoms with Crippen LogP contribution in [0.2, 0.25) is 0 Å². The van der Waals surface area contributed by atoms with Gasteiger partial charge in [-0.1, -0.05) is 13.0 Å². The minimum Gasteiger partial charge on any atom is -0.462 e. The number of nitrogen functional groups attached to an aromatic ring is 1. The fraction of sp³-hybridized carbons (Fsp3) is 0.533. The van der Waals surface area contributed by atoms with Crippen molar-refractivity contribution in [1.29, 1.82) is 0 Å². The average molecular weight is 294 g/mol. The van der Waals surface area contributed by atoms with Crippen molar-refractivity contribution in [2.24, 2.45) is 0 Å². The molecule has 1 aliphatic rings. The highest BCUT2D eigenvalue weighted by molar-refractivity contribution is 8.00. The molecule has 0 saturated carbocycles. The van der Waals surface area contributed by atoms with Crippen molar-refractivity contribution in [3.63, 3.8) is 0 Å². The third kappa shape index (κ3) is 2.87. The summed E-state index contributed by atoms with van der Waals surface area (Å²) in [5.41, 5.74) is 8.13. The molecular weight excluding hydrogens is 272 g/mol. The van der Waals surface area contributed by atoms with Gasteiger partial charge < -0.3 is 15.4 Å². The number of nitrogens with zero attached hydrogens (tertiary/aromatic N) is 1. The Kier molecular flexibility index (Phi) is 4.81. The lowest BCUT2D eigenvalue weighted by Crippen LogP contribution is -2.45. The second-order valence-electron chi connectivity index (χ2n) is 4.97. The topological polar surface area (TPSA) is 55.6 Å². The lowest BCUT2D eigenvalue weighted by atomic mass is 10.1. The van der Waals surface area contributed by atoms with E-state index in [0.717, 1.165) is 18.0 Å². The van der Waals surface area contributed by atoms with E-state index in [1.54, 1.807) is 13.0 Å². The zero-order valence-corrected chi connectivity index (χ0v) is 13.1. The van der Waals surface area contributed by atoms with E-state index in [2.05, 4.69) is 18.7 Å². The van der Waals surface area contributed by atoms with E-state index >= 15 is 0 Å². The van der Waals surface area contributed by atoms with E-state index in [9.17, 15) is 4.79 Å². The smallest absolute Gasteiger partial charge is 0.340 e. The normalized spacial score (nSPS) is 22.6. The van der Waals surface area contributed by atoms with Crippen LogP contribution >= 0.6 is 11.8 Å². The molecule has 5 heteroatoms. The first-order chi connectivity index (χ1) is 9.56. The second kappa shape index (κ2) is 6.39. The summed E-state index contributed by atoms with van der Waals surface area (Å²) in [5.74, 6) is 0.730. The summed E-state index contributed by atoms with van der Waals surface area (Å²) in [6.07, 6.45) is 0. The number of ether oxygens (including phenoxy) is 1. The molecular formula is C15H22N2O2S. The van der Waals surface area contributed by atoms with E-state index in [1.807, 2.05) is 23.9 Å². The van der Waals surface area contributed by atoms with Crippen LogP contribution in [0.15, 0.2) is 18.2 Å². The van der Waals surface area contributed by atoms with Crippen LogP contribution < -0.4 is 10.6 Å². The Morgan fingerprint density at radius 2 is 2.25 bits per heavy atom. The lowest BCUT2D eigenvalue weighted by molar-refractivity contribution is 0.0527. The first kappa shape index (κ1) is 15.0. The summed E-state index contributed by atoms with van der Waals surface area (Å²) in [6.45, 7) is 7.53. The summed E-state index contributed by atoms with van der Waals surface area (Å²) >= 11 is 1.97. The van der Waals surface area contributed by atoms with Crippen LogP contribution in [0.25, 0.3) is 0 Å². The zero-order chi connectivity index (χ0) is 14.7. The third-order valence-electron chi connectivity index (χ3n) is 3.77. The Morgan fingerprint density at radius 1 is 1.50 bits per heavy atom. The highest BCUT2D eigenvalue weighted by Gasteiger charge is 2.27. The van der Waals surface area contributed by atoms with E-state index in [-0.39, 0.29) is 5.97 Å². The molecule has 2 N–H and O–H groups in total. The van der Waals surface area contributed by atoms with Gasteiger partial charge in [-0.15, -0.1) is 0 Å². The predicted molar refractivity (Wildman–Crippen MR) is 85.5 cm³/mol. The molecule has 1 heterocycles. The maximum atomic E-state index is 11.9. The fourth-order valence-corrected chi connectivity index (χ4v) is 3.56. The summed E-state index contributed by atoms with van der Waals surface area (Å²) in [7, 11) is 0. The Balaban J connectivity index is 2.33. The monoisotopic (exact) mass is 294 g/mol. The van der Waals surface area contributed by atoms with E-state index < -0.39 is 0 Å². The lowest BCUT2D eigenvalue weighted by Gasteiger charge is -2.39. The van der Waals surface area contributed by atoms with Crippen LogP contribution in [0, 0.1) is 0 Å². The molecule has 20 heavy (non-hydrogen) atoms. The van der Waals surface area contributed by atoms with Gasteiger partial charge in [-0.2, -0.15) is 11.8 Å². The molecule has 2 rings (SSSR count). The number of thioether (sulfide) groups is 1. The number of para-hydroxylation sites is 1. The number of anilines is 2. The van der Waals surface area contributed by atoms with Crippen LogP contribution in [-0.4, -0.2) is 36.2 Å². The van der Waals surface area contributed by atoms with Gasteiger partial charge in [0, 0.05) is 23.6 Å². The van der Waals surface area contributed by atoms with Crippen LogP contribution in [0.5, 0.6) is 0 Å². The zero-order valence-electron chi connectivity index (χ0n) is 12.3. The van der Waals surface area contributed by atoms with Crippen molar-refractivity contribution in [1.82, 2.24) is 0 Å². The molecule has 0 spiro atoms. The fourth-order valence-electron chi connectivity index (χ4n) is 2.46. The molecule has 1 saturated heterocycles. The van der Waals surface area contributed by atoms with Gasteiger partial charge in [-0.25, -0.2) is 4.79 Å². The Morgan fingerprint density at radius 3 is 2.95 bits per heavy atom. The maximum absolute atomic E-state index is 11.9. The van der Waals surface area contributed by atoms with Crippen molar-refractivity contribution in [2.45, 2.75) is 32.1 Å². The molecule has 0 radical (unpaired) electrons. The van der Waals surface area contributed by atoms with Crippen molar-refractivity contribution < 1.29 is 9.53 Å². The molecule has 1 aromatic carbocycles. The predicted octanol–water partition coefficient (Wildman–Crippen LogP) is 2.78. The molecule has 110 valence electrons. The van der Waals surface area contributed by atoms with Gasteiger partial charge >= 0.3 is 5.97 Å². The van der Waals surface area contributed by atoms with Crippen LogP contribution in [0.3, 0.4) is 0 Å². The molecule has 1 fully saturated rings. The first-order valence-electron chi connectivity index (χ1n) is 7.00.